The highest BCUT2D eigenvalue weighted by atomic mass is 16.5. The summed E-state index contributed by atoms with van der Waals surface area (Å²) in [4.78, 5) is 12.2. The third-order valence-corrected chi connectivity index (χ3v) is 3.85. The van der Waals surface area contributed by atoms with Crippen LogP contribution in [0.4, 0.5) is 0 Å². The fraction of sp³-hybridized carbons (Fsp3) is 0.278. The first-order valence-corrected chi connectivity index (χ1v) is 7.06. The highest BCUT2D eigenvalue weighted by Crippen LogP contribution is 2.40. The lowest BCUT2D eigenvalue weighted by Gasteiger charge is -2.19. The van der Waals surface area contributed by atoms with E-state index in [4.69, 9.17) is 4.74 Å². The lowest BCUT2D eigenvalue weighted by Crippen LogP contribution is -2.14. The van der Waals surface area contributed by atoms with Crippen molar-refractivity contribution < 1.29 is 9.53 Å². The van der Waals surface area contributed by atoms with E-state index in [-0.39, 0.29) is 18.0 Å². The third kappa shape index (κ3) is 2.74. The molecule has 0 bridgehead atoms. The minimum Gasteiger partial charge on any atom is -0.452 e. The summed E-state index contributed by atoms with van der Waals surface area (Å²) in [5.74, 6) is 0.481. The number of benzene rings is 2. The average molecular weight is 266 g/mol. The second-order valence-electron chi connectivity index (χ2n) is 5.46. The Morgan fingerprint density at radius 1 is 1.00 bits per heavy atom. The number of esters is 1. The molecule has 102 valence electrons. The van der Waals surface area contributed by atoms with Crippen molar-refractivity contribution in [3.8, 4) is 0 Å². The summed E-state index contributed by atoms with van der Waals surface area (Å²) in [7, 11) is 0. The molecule has 0 radical (unpaired) electrons. The zero-order valence-electron chi connectivity index (χ0n) is 11.5. The first-order chi connectivity index (χ1) is 9.75. The quantitative estimate of drug-likeness (QED) is 0.782. The Labute approximate surface area is 119 Å². The summed E-state index contributed by atoms with van der Waals surface area (Å²) >= 11 is 0. The molecule has 2 heteroatoms. The van der Waals surface area contributed by atoms with Gasteiger partial charge in [0.1, 0.15) is 0 Å². The predicted molar refractivity (Wildman–Crippen MR) is 78.1 cm³/mol. The van der Waals surface area contributed by atoms with Crippen molar-refractivity contribution in [2.75, 3.05) is 0 Å². The van der Waals surface area contributed by atoms with Crippen molar-refractivity contribution in [2.45, 2.75) is 19.4 Å². The van der Waals surface area contributed by atoms with Crippen LogP contribution in [0.1, 0.15) is 30.6 Å². The van der Waals surface area contributed by atoms with E-state index in [0.29, 0.717) is 5.92 Å². The van der Waals surface area contributed by atoms with Gasteiger partial charge in [-0.25, -0.2) is 0 Å². The Balaban J connectivity index is 1.86. The monoisotopic (exact) mass is 266 g/mol. The first kappa shape index (κ1) is 12.9. The molecule has 0 spiro atoms. The van der Waals surface area contributed by atoms with Crippen LogP contribution < -0.4 is 0 Å². The third-order valence-electron chi connectivity index (χ3n) is 3.85. The van der Waals surface area contributed by atoms with Crippen molar-refractivity contribution in [3.63, 3.8) is 0 Å². The summed E-state index contributed by atoms with van der Waals surface area (Å²) in [6.07, 6.45) is 0.646. The summed E-state index contributed by atoms with van der Waals surface area (Å²) in [5.41, 5.74) is 2.03. The van der Waals surface area contributed by atoms with Crippen molar-refractivity contribution in [2.24, 2.45) is 11.8 Å². The van der Waals surface area contributed by atoms with E-state index in [1.807, 2.05) is 60.7 Å². The normalized spacial score (nSPS) is 20.7. The van der Waals surface area contributed by atoms with Crippen LogP contribution >= 0.6 is 0 Å². The van der Waals surface area contributed by atoms with Crippen LogP contribution in [-0.2, 0) is 9.53 Å². The van der Waals surface area contributed by atoms with Crippen molar-refractivity contribution >= 4 is 5.97 Å². The number of hydrogen-bond donors (Lipinski definition) is 0. The molecule has 0 aliphatic heterocycles. The molecule has 20 heavy (non-hydrogen) atoms. The van der Waals surface area contributed by atoms with Crippen LogP contribution in [0.15, 0.2) is 60.7 Å². The molecule has 0 saturated heterocycles. The Hall–Kier alpha value is -2.09. The predicted octanol–water partition coefficient (Wildman–Crippen LogP) is 3.98. The maximum Gasteiger partial charge on any atom is 0.310 e. The van der Waals surface area contributed by atoms with Crippen LogP contribution in [0, 0.1) is 11.8 Å². The Bertz CT molecular complexity index is 537. The van der Waals surface area contributed by atoms with Gasteiger partial charge in [0, 0.05) is 0 Å². The van der Waals surface area contributed by atoms with E-state index in [2.05, 4.69) is 6.92 Å². The van der Waals surface area contributed by atoms with E-state index in [1.54, 1.807) is 0 Å². The highest BCUT2D eigenvalue weighted by Gasteiger charge is 2.41. The van der Waals surface area contributed by atoms with Gasteiger partial charge in [-0.15, -0.1) is 0 Å². The van der Waals surface area contributed by atoms with Crippen LogP contribution in [0.25, 0.3) is 0 Å². The standard InChI is InChI=1S/C18H18O2/c1-13-12-16(13)18(19)20-17(14-8-4-2-5-9-14)15-10-6-3-7-11-15/h2-11,13,16-17H,12H2,1H3. The van der Waals surface area contributed by atoms with E-state index >= 15 is 0 Å². The SMILES string of the molecule is CC1CC1C(=O)OC(c1ccccc1)c1ccccc1. The van der Waals surface area contributed by atoms with E-state index in [0.717, 1.165) is 17.5 Å². The van der Waals surface area contributed by atoms with Gasteiger partial charge < -0.3 is 4.74 Å². The molecule has 2 unspecified atom stereocenters. The average Bonchev–Trinajstić information content (AvgIpc) is 3.23. The number of carbonyl (C=O) groups is 1. The van der Waals surface area contributed by atoms with E-state index in [9.17, 15) is 4.79 Å². The molecule has 0 heterocycles. The molecule has 3 rings (SSSR count). The van der Waals surface area contributed by atoms with Gasteiger partial charge in [-0.2, -0.15) is 0 Å². The highest BCUT2D eigenvalue weighted by molar-refractivity contribution is 5.76. The van der Waals surface area contributed by atoms with Gasteiger partial charge >= 0.3 is 5.97 Å². The molecule has 1 fully saturated rings. The Morgan fingerprint density at radius 3 is 1.85 bits per heavy atom. The van der Waals surface area contributed by atoms with Gasteiger partial charge in [0.2, 0.25) is 0 Å². The van der Waals surface area contributed by atoms with Crippen LogP contribution in [0.5, 0.6) is 0 Å². The minimum atomic E-state index is -0.308. The molecule has 1 aliphatic rings. The first-order valence-electron chi connectivity index (χ1n) is 7.06. The smallest absolute Gasteiger partial charge is 0.310 e. The summed E-state index contributed by atoms with van der Waals surface area (Å²) in [5, 5.41) is 0. The Morgan fingerprint density at radius 2 is 1.45 bits per heavy atom. The van der Waals surface area contributed by atoms with Crippen LogP contribution in [-0.4, -0.2) is 5.97 Å². The number of carbonyl (C=O) groups excluding carboxylic acids is 1. The minimum absolute atomic E-state index is 0.0739. The van der Waals surface area contributed by atoms with Crippen molar-refractivity contribution in [1.29, 1.82) is 0 Å². The molecule has 2 atom stereocenters. The Kier molecular flexibility index (Phi) is 3.55. The van der Waals surface area contributed by atoms with Gasteiger partial charge in [-0.05, 0) is 23.5 Å². The molecule has 1 aliphatic carbocycles. The van der Waals surface area contributed by atoms with Crippen LogP contribution in [0.2, 0.25) is 0 Å². The van der Waals surface area contributed by atoms with Crippen molar-refractivity contribution in [1.82, 2.24) is 0 Å². The van der Waals surface area contributed by atoms with E-state index < -0.39 is 0 Å². The zero-order chi connectivity index (χ0) is 13.9. The van der Waals surface area contributed by atoms with Crippen LogP contribution in [0.3, 0.4) is 0 Å². The fourth-order valence-corrected chi connectivity index (χ4v) is 2.44. The summed E-state index contributed by atoms with van der Waals surface area (Å²) < 4.78 is 5.78. The largest absolute Gasteiger partial charge is 0.452 e. The van der Waals surface area contributed by atoms with E-state index in [1.165, 1.54) is 0 Å². The molecule has 1 saturated carbocycles. The molecule has 2 aromatic carbocycles. The zero-order valence-corrected chi connectivity index (χ0v) is 11.5. The molecule has 0 N–H and O–H groups in total. The van der Waals surface area contributed by atoms with Gasteiger partial charge in [-0.1, -0.05) is 67.6 Å². The number of ether oxygens (including phenoxy) is 1. The molecule has 0 aromatic heterocycles. The number of rotatable bonds is 4. The lowest BCUT2D eigenvalue weighted by molar-refractivity contribution is -0.149. The molecule has 2 nitrogen and oxygen atoms in total. The lowest BCUT2D eigenvalue weighted by atomic mass is 10.0. The van der Waals surface area contributed by atoms with Crippen molar-refractivity contribution in [3.05, 3.63) is 71.8 Å². The second-order valence-corrected chi connectivity index (χ2v) is 5.46. The number of hydrogen-bond acceptors (Lipinski definition) is 2. The van der Waals surface area contributed by atoms with Gasteiger partial charge in [0.25, 0.3) is 0 Å². The summed E-state index contributed by atoms with van der Waals surface area (Å²) in [6.45, 7) is 2.09. The second kappa shape index (κ2) is 5.49. The summed E-state index contributed by atoms with van der Waals surface area (Å²) in [6, 6.07) is 19.8. The molecular formula is C18H18O2. The van der Waals surface area contributed by atoms with Gasteiger partial charge in [0.15, 0.2) is 6.10 Å². The van der Waals surface area contributed by atoms with Gasteiger partial charge in [0.05, 0.1) is 5.92 Å². The van der Waals surface area contributed by atoms with Gasteiger partial charge in [-0.3, -0.25) is 4.79 Å². The molecule has 2 aromatic rings. The molecule has 0 amide bonds. The fourth-order valence-electron chi connectivity index (χ4n) is 2.44. The maximum absolute atomic E-state index is 12.2. The molecular weight excluding hydrogens is 248 g/mol. The topological polar surface area (TPSA) is 26.3 Å². The maximum atomic E-state index is 12.2.